The second kappa shape index (κ2) is 10.9. The highest BCUT2D eigenvalue weighted by Crippen LogP contribution is 2.44. The lowest BCUT2D eigenvalue weighted by Gasteiger charge is -2.29. The van der Waals surface area contributed by atoms with Crippen LogP contribution in [0.4, 0.5) is 4.79 Å². The minimum atomic E-state index is -0.873. The molecule has 0 aromatic heterocycles. The number of alkyl carbamates (subject to hydrolysis) is 1. The molecule has 1 aliphatic carbocycles. The summed E-state index contributed by atoms with van der Waals surface area (Å²) in [5.74, 6) is -1.21. The molecule has 1 fully saturated rings. The van der Waals surface area contributed by atoms with E-state index in [1.165, 1.54) is 0 Å². The van der Waals surface area contributed by atoms with E-state index in [0.29, 0.717) is 32.6 Å². The van der Waals surface area contributed by atoms with E-state index in [1.807, 2.05) is 43.0 Å². The molecule has 2 N–H and O–H groups in total. The fourth-order valence-electron chi connectivity index (χ4n) is 5.02. The van der Waals surface area contributed by atoms with Crippen LogP contribution in [0.15, 0.2) is 48.5 Å². The quantitative estimate of drug-likeness (QED) is 0.633. The van der Waals surface area contributed by atoms with Crippen LogP contribution in [0, 0.1) is 5.92 Å². The van der Waals surface area contributed by atoms with Crippen molar-refractivity contribution in [3.8, 4) is 11.1 Å². The second-order valence-corrected chi connectivity index (χ2v) is 9.54. The van der Waals surface area contributed by atoms with Gasteiger partial charge in [0.25, 0.3) is 0 Å². The van der Waals surface area contributed by atoms with Gasteiger partial charge in [-0.05, 0) is 34.6 Å². The molecule has 2 aromatic carbocycles. The predicted molar refractivity (Wildman–Crippen MR) is 132 cm³/mol. The first kappa shape index (κ1) is 24.7. The number of carbonyl (C=O) groups is 3. The summed E-state index contributed by atoms with van der Waals surface area (Å²) < 4.78 is 5.65. The number of carboxylic acid groups (broad SMARTS) is 1. The number of hydrogen-bond acceptors (Lipinski definition) is 5. The van der Waals surface area contributed by atoms with Crippen molar-refractivity contribution in [1.82, 2.24) is 15.1 Å². The van der Waals surface area contributed by atoms with Crippen LogP contribution >= 0.6 is 0 Å². The van der Waals surface area contributed by atoms with E-state index in [0.717, 1.165) is 22.3 Å². The van der Waals surface area contributed by atoms with Crippen molar-refractivity contribution >= 4 is 18.0 Å². The number of carboxylic acids is 1. The molecule has 1 aliphatic heterocycles. The zero-order chi connectivity index (χ0) is 24.9. The highest BCUT2D eigenvalue weighted by Gasteiger charge is 2.32. The van der Waals surface area contributed by atoms with E-state index in [2.05, 4.69) is 29.6 Å². The molecule has 1 saturated heterocycles. The van der Waals surface area contributed by atoms with Crippen LogP contribution in [0.5, 0.6) is 0 Å². The predicted octanol–water partition coefficient (Wildman–Crippen LogP) is 3.17. The van der Waals surface area contributed by atoms with Gasteiger partial charge in [0.05, 0.1) is 6.54 Å². The normalized spacial score (nSPS) is 16.8. The average molecular weight is 480 g/mol. The first-order valence-electron chi connectivity index (χ1n) is 12.2. The van der Waals surface area contributed by atoms with Gasteiger partial charge in [-0.2, -0.15) is 0 Å². The van der Waals surface area contributed by atoms with Gasteiger partial charge in [0.2, 0.25) is 5.91 Å². The molecule has 2 aliphatic rings. The van der Waals surface area contributed by atoms with Crippen molar-refractivity contribution in [2.45, 2.75) is 32.2 Å². The number of nitrogens with zero attached hydrogens (tertiary/aromatic N) is 2. The van der Waals surface area contributed by atoms with Gasteiger partial charge >= 0.3 is 12.1 Å². The lowest BCUT2D eigenvalue weighted by molar-refractivity contribution is -0.138. The molecule has 1 heterocycles. The molecule has 8 nitrogen and oxygen atoms in total. The number of fused-ring (bicyclic) bond motifs is 3. The van der Waals surface area contributed by atoms with Crippen molar-refractivity contribution in [2.24, 2.45) is 5.92 Å². The zero-order valence-corrected chi connectivity index (χ0v) is 20.3. The van der Waals surface area contributed by atoms with Crippen molar-refractivity contribution in [2.75, 3.05) is 39.3 Å². The molecule has 0 spiro atoms. The maximum Gasteiger partial charge on any atom is 0.407 e. The molecule has 35 heavy (non-hydrogen) atoms. The van der Waals surface area contributed by atoms with E-state index >= 15 is 0 Å². The van der Waals surface area contributed by atoms with Gasteiger partial charge in [-0.1, -0.05) is 62.4 Å². The largest absolute Gasteiger partial charge is 0.480 e. The van der Waals surface area contributed by atoms with Crippen molar-refractivity contribution < 1.29 is 24.2 Å². The third-order valence-corrected chi connectivity index (χ3v) is 6.81. The molecule has 2 amide bonds. The molecule has 8 heteroatoms. The van der Waals surface area contributed by atoms with Crippen molar-refractivity contribution in [3.05, 3.63) is 59.7 Å². The van der Waals surface area contributed by atoms with E-state index in [-0.39, 0.29) is 30.9 Å². The van der Waals surface area contributed by atoms with Gasteiger partial charge in [-0.3, -0.25) is 14.5 Å². The number of ether oxygens (including phenoxy) is 1. The third kappa shape index (κ3) is 5.65. The SMILES string of the molecule is CC(C)[C@H](NC(=O)OCC1c2ccccc2-c2ccccc21)C(=O)N1CCCN(CC(=O)O)CC1. The Morgan fingerprint density at radius 3 is 2.20 bits per heavy atom. The molecule has 4 rings (SSSR count). The minimum absolute atomic E-state index is 0.0341. The van der Waals surface area contributed by atoms with E-state index in [4.69, 9.17) is 9.84 Å². The third-order valence-electron chi connectivity index (χ3n) is 6.81. The Balaban J connectivity index is 1.37. The number of nitrogens with one attached hydrogen (secondary N) is 1. The Morgan fingerprint density at radius 2 is 1.60 bits per heavy atom. The number of aliphatic carboxylic acids is 1. The molecular formula is C27H33N3O5. The van der Waals surface area contributed by atoms with E-state index in [9.17, 15) is 14.4 Å². The van der Waals surface area contributed by atoms with Gasteiger partial charge in [0, 0.05) is 32.1 Å². The van der Waals surface area contributed by atoms with Gasteiger partial charge in [-0.25, -0.2) is 4.79 Å². The van der Waals surface area contributed by atoms with Crippen LogP contribution in [-0.4, -0.2) is 78.2 Å². The monoisotopic (exact) mass is 479 g/mol. The van der Waals surface area contributed by atoms with Crippen LogP contribution in [0.2, 0.25) is 0 Å². The summed E-state index contributed by atoms with van der Waals surface area (Å²) in [6, 6.07) is 15.6. The first-order valence-corrected chi connectivity index (χ1v) is 12.2. The number of rotatable bonds is 7. The van der Waals surface area contributed by atoms with Crippen LogP contribution < -0.4 is 5.32 Å². The highest BCUT2D eigenvalue weighted by molar-refractivity contribution is 5.86. The summed E-state index contributed by atoms with van der Waals surface area (Å²) in [6.07, 6.45) is 0.0793. The number of amides is 2. The van der Waals surface area contributed by atoms with Crippen LogP contribution in [0.1, 0.15) is 37.3 Å². The molecule has 0 saturated carbocycles. The van der Waals surface area contributed by atoms with Crippen molar-refractivity contribution in [1.29, 1.82) is 0 Å². The number of hydrogen-bond donors (Lipinski definition) is 2. The smallest absolute Gasteiger partial charge is 0.407 e. The van der Waals surface area contributed by atoms with Crippen LogP contribution in [-0.2, 0) is 14.3 Å². The van der Waals surface area contributed by atoms with Gasteiger partial charge in [0.15, 0.2) is 0 Å². The highest BCUT2D eigenvalue weighted by atomic mass is 16.5. The summed E-state index contributed by atoms with van der Waals surface area (Å²) in [5.41, 5.74) is 4.58. The van der Waals surface area contributed by atoms with Crippen LogP contribution in [0.3, 0.4) is 0 Å². The Kier molecular flexibility index (Phi) is 7.70. The molecular weight excluding hydrogens is 446 g/mol. The van der Waals surface area contributed by atoms with Crippen LogP contribution in [0.25, 0.3) is 11.1 Å². The maximum atomic E-state index is 13.3. The summed E-state index contributed by atoms with van der Waals surface area (Å²) in [5, 5.41) is 11.8. The average Bonchev–Trinajstić information content (AvgIpc) is 2.97. The topological polar surface area (TPSA) is 99.2 Å². The first-order chi connectivity index (χ1) is 16.8. The molecule has 0 radical (unpaired) electrons. The standard InChI is InChI=1S/C27H33N3O5/c1-18(2)25(26(33)30-13-7-12-29(14-15-30)16-24(31)32)28-27(34)35-17-23-21-10-5-3-8-19(21)20-9-4-6-11-22(20)23/h3-6,8-11,18,23,25H,7,12-17H2,1-2H3,(H,28,34)(H,31,32)/t25-/m0/s1. The Labute approximate surface area is 205 Å². The summed E-state index contributed by atoms with van der Waals surface area (Å²) in [4.78, 5) is 40.6. The van der Waals surface area contributed by atoms with Gasteiger partial charge < -0.3 is 20.1 Å². The maximum absolute atomic E-state index is 13.3. The van der Waals surface area contributed by atoms with Gasteiger partial charge in [0.1, 0.15) is 12.6 Å². The lowest BCUT2D eigenvalue weighted by atomic mass is 9.98. The molecule has 0 unspecified atom stereocenters. The molecule has 2 aromatic rings. The van der Waals surface area contributed by atoms with Crippen molar-refractivity contribution in [3.63, 3.8) is 0 Å². The Hall–Kier alpha value is -3.39. The fraction of sp³-hybridized carbons (Fsp3) is 0.444. The molecule has 186 valence electrons. The van der Waals surface area contributed by atoms with Gasteiger partial charge in [-0.15, -0.1) is 0 Å². The summed E-state index contributed by atoms with van der Waals surface area (Å²) >= 11 is 0. The second-order valence-electron chi connectivity index (χ2n) is 9.54. The van der Waals surface area contributed by atoms with E-state index < -0.39 is 18.1 Å². The summed E-state index contributed by atoms with van der Waals surface area (Å²) in [7, 11) is 0. The number of benzene rings is 2. The Morgan fingerprint density at radius 1 is 0.971 bits per heavy atom. The Bertz CT molecular complexity index is 1040. The zero-order valence-electron chi connectivity index (χ0n) is 20.3. The molecule has 1 atom stereocenters. The van der Waals surface area contributed by atoms with E-state index in [1.54, 1.807) is 4.90 Å². The number of carbonyl (C=O) groups excluding carboxylic acids is 2. The lowest BCUT2D eigenvalue weighted by Crippen LogP contribution is -2.52. The molecule has 0 bridgehead atoms. The minimum Gasteiger partial charge on any atom is -0.480 e. The fourth-order valence-corrected chi connectivity index (χ4v) is 5.02. The summed E-state index contributed by atoms with van der Waals surface area (Å²) in [6.45, 7) is 6.02.